The maximum Gasteiger partial charge on any atom is 2.00 e. The molecule has 0 saturated heterocycles. The van der Waals surface area contributed by atoms with Gasteiger partial charge in [0, 0.05) is 10.4 Å². The third-order valence-corrected chi connectivity index (χ3v) is 0. The van der Waals surface area contributed by atoms with Crippen LogP contribution in [0.15, 0.2) is 0 Å². The van der Waals surface area contributed by atoms with Crippen molar-refractivity contribution in [2.24, 2.45) is 0 Å². The van der Waals surface area contributed by atoms with Gasteiger partial charge < -0.3 is 14.6 Å². The Labute approximate surface area is 78.7 Å². The van der Waals surface area contributed by atoms with Crippen molar-refractivity contribution in [3.8, 4) is 0 Å². The maximum atomic E-state index is 8.74. The average Bonchev–Trinajstić information content (AvgIpc) is 1.12. The van der Waals surface area contributed by atoms with Crippen molar-refractivity contribution < 1.29 is 57.6 Å². The Balaban J connectivity index is -0.0000000457. The van der Waals surface area contributed by atoms with E-state index in [-0.39, 0.29) is 22.5 Å². The van der Waals surface area contributed by atoms with Gasteiger partial charge in [0.05, 0.1) is 0 Å². The molecule has 0 heterocycles. The van der Waals surface area contributed by atoms with Gasteiger partial charge in [-0.2, -0.15) is 8.42 Å². The first kappa shape index (κ1) is 22.8. The number of hydrogen-bond donors (Lipinski definition) is 2. The molecule has 77 valence electrons. The van der Waals surface area contributed by atoms with Crippen LogP contribution in [0.25, 0.3) is 0 Å². The van der Waals surface area contributed by atoms with Crippen molar-refractivity contribution in [2.45, 2.75) is 0 Å². The second-order valence-electron chi connectivity index (χ2n) is 0.856. The van der Waals surface area contributed by atoms with E-state index in [1.807, 2.05) is 0 Å². The van der Waals surface area contributed by atoms with Crippen molar-refractivity contribution in [3.63, 3.8) is 0 Å². The minimum Gasteiger partial charge on any atom is -0.759 e. The fourth-order valence-corrected chi connectivity index (χ4v) is 0. The van der Waals surface area contributed by atoms with Crippen LogP contribution in [0.1, 0.15) is 0 Å². The van der Waals surface area contributed by atoms with Crippen molar-refractivity contribution in [1.29, 1.82) is 0 Å². The van der Waals surface area contributed by atoms with Gasteiger partial charge in [-0.1, -0.05) is 0 Å². The van der Waals surface area contributed by atoms with Gasteiger partial charge in [0.15, 0.2) is 0 Å². The molecule has 1 radical (unpaired) electrons. The summed E-state index contributed by atoms with van der Waals surface area (Å²) in [5.74, 6) is 0. The molecule has 0 atom stereocenters. The first-order valence-electron chi connectivity index (χ1n) is 1.37. The van der Waals surface area contributed by atoms with E-state index in [1.54, 1.807) is 0 Å². The molecule has 0 aromatic carbocycles. The Bertz CT molecular complexity index is 209. The third-order valence-electron chi connectivity index (χ3n) is 0. The molecular formula is H4MnO9S2. The SMILES string of the molecule is O.O=S(=O)(O)O.O=S(=O)([O-])[O-].[Mn+2]. The standard InChI is InChI=1S/Mn.2H2O4S.H2O/c;2*1-5(2,3)4;/h;2*(H2,1,2,3,4);1H2/q+2;;;/p-2. The Kier molecular flexibility index (Phi) is 14.9. The predicted molar refractivity (Wildman–Crippen MR) is 28.3 cm³/mol. The quantitative estimate of drug-likeness (QED) is 0.267. The zero-order valence-corrected chi connectivity index (χ0v) is 7.85. The van der Waals surface area contributed by atoms with E-state index in [2.05, 4.69) is 0 Å². The zero-order valence-electron chi connectivity index (χ0n) is 5.04. The maximum absolute atomic E-state index is 8.74. The Morgan fingerprint density at radius 3 is 0.917 bits per heavy atom. The minimum absolute atomic E-state index is 0. The number of hydrogen-bond acceptors (Lipinski definition) is 6. The van der Waals surface area contributed by atoms with Crippen LogP contribution >= 0.6 is 0 Å². The summed E-state index contributed by atoms with van der Waals surface area (Å²) in [6.07, 6.45) is 0. The van der Waals surface area contributed by atoms with E-state index >= 15 is 0 Å². The van der Waals surface area contributed by atoms with Crippen LogP contribution in [0.3, 0.4) is 0 Å². The van der Waals surface area contributed by atoms with Crippen LogP contribution in [0.5, 0.6) is 0 Å². The third kappa shape index (κ3) is 18000. The van der Waals surface area contributed by atoms with Gasteiger partial charge in [-0.05, 0) is 0 Å². The van der Waals surface area contributed by atoms with Crippen LogP contribution in [0, 0.1) is 0 Å². The molecule has 0 fully saturated rings. The summed E-state index contributed by atoms with van der Waals surface area (Å²) >= 11 is 0. The minimum atomic E-state index is -5.17. The molecule has 0 aliphatic carbocycles. The molecule has 0 aromatic rings. The van der Waals surface area contributed by atoms with Crippen molar-refractivity contribution in [1.82, 2.24) is 0 Å². The second-order valence-corrected chi connectivity index (χ2v) is 2.57. The van der Waals surface area contributed by atoms with E-state index < -0.39 is 20.8 Å². The average molecular weight is 267 g/mol. The van der Waals surface area contributed by atoms with Gasteiger partial charge in [-0.15, -0.1) is 0 Å². The Morgan fingerprint density at radius 1 is 0.917 bits per heavy atom. The first-order chi connectivity index (χ1) is 4.00. The molecule has 0 bridgehead atoms. The largest absolute Gasteiger partial charge is 2.00 e. The van der Waals surface area contributed by atoms with Crippen molar-refractivity contribution in [3.05, 3.63) is 0 Å². The van der Waals surface area contributed by atoms with Gasteiger partial charge in [-0.25, -0.2) is 0 Å². The smallest absolute Gasteiger partial charge is 0.759 e. The van der Waals surface area contributed by atoms with Crippen LogP contribution in [0.4, 0.5) is 0 Å². The van der Waals surface area contributed by atoms with Crippen molar-refractivity contribution >= 4 is 20.8 Å². The summed E-state index contributed by atoms with van der Waals surface area (Å²) in [5.41, 5.74) is 0. The molecule has 0 amide bonds. The number of rotatable bonds is 0. The summed E-state index contributed by atoms with van der Waals surface area (Å²) in [6, 6.07) is 0. The van der Waals surface area contributed by atoms with E-state index in [0.717, 1.165) is 0 Å². The van der Waals surface area contributed by atoms with Gasteiger partial charge in [0.2, 0.25) is 0 Å². The van der Waals surface area contributed by atoms with Crippen LogP contribution in [-0.2, 0) is 37.9 Å². The van der Waals surface area contributed by atoms with Crippen LogP contribution in [0.2, 0.25) is 0 Å². The topological polar surface area (TPSA) is 186 Å². The molecule has 0 unspecified atom stereocenters. The van der Waals surface area contributed by atoms with Gasteiger partial charge >= 0.3 is 27.5 Å². The summed E-state index contributed by atoms with van der Waals surface area (Å²) in [5, 5.41) is 0. The predicted octanol–water partition coefficient (Wildman–Crippen LogP) is -2.82. The van der Waals surface area contributed by atoms with Crippen LogP contribution in [-0.4, -0.2) is 40.5 Å². The molecule has 9 nitrogen and oxygen atoms in total. The molecular weight excluding hydrogens is 263 g/mol. The molecule has 0 aliphatic heterocycles. The Hall–Kier alpha value is 0.219. The first-order valence-corrected chi connectivity index (χ1v) is 4.10. The molecule has 12 heavy (non-hydrogen) atoms. The van der Waals surface area contributed by atoms with E-state index in [0.29, 0.717) is 0 Å². The van der Waals surface area contributed by atoms with Crippen LogP contribution < -0.4 is 0 Å². The molecule has 12 heteroatoms. The van der Waals surface area contributed by atoms with E-state index in [1.165, 1.54) is 0 Å². The van der Waals surface area contributed by atoms with E-state index in [9.17, 15) is 0 Å². The fourth-order valence-electron chi connectivity index (χ4n) is 0. The summed E-state index contributed by atoms with van der Waals surface area (Å²) in [6.45, 7) is 0. The molecule has 0 rings (SSSR count). The zero-order chi connectivity index (χ0) is 9.00. The summed E-state index contributed by atoms with van der Waals surface area (Å²) in [7, 11) is -9.83. The molecule has 0 spiro atoms. The molecule has 0 saturated carbocycles. The molecule has 4 N–H and O–H groups in total. The monoisotopic (exact) mass is 267 g/mol. The Morgan fingerprint density at radius 2 is 0.917 bits per heavy atom. The van der Waals surface area contributed by atoms with Crippen molar-refractivity contribution in [2.75, 3.05) is 0 Å². The van der Waals surface area contributed by atoms with Gasteiger partial charge in [0.25, 0.3) is 0 Å². The van der Waals surface area contributed by atoms with E-state index in [4.69, 9.17) is 35.0 Å². The molecule has 0 aliphatic rings. The fraction of sp³-hybridized carbons (Fsp3) is 0. The summed E-state index contributed by atoms with van der Waals surface area (Å²) in [4.78, 5) is 0. The molecule has 0 aromatic heterocycles. The normalized spacial score (nSPS) is 9.67. The summed E-state index contributed by atoms with van der Waals surface area (Å²) < 4.78 is 65.7. The second kappa shape index (κ2) is 7.85. The van der Waals surface area contributed by atoms with Gasteiger partial charge in [-0.3, -0.25) is 17.5 Å². The van der Waals surface area contributed by atoms with Gasteiger partial charge in [0.1, 0.15) is 0 Å².